The normalized spacial score (nSPS) is 27.2. The van der Waals surface area contributed by atoms with Gasteiger partial charge in [-0.05, 0) is 43.9 Å². The van der Waals surface area contributed by atoms with Crippen molar-refractivity contribution in [1.82, 2.24) is 10.2 Å². The molecule has 3 rings (SSSR count). The van der Waals surface area contributed by atoms with Gasteiger partial charge in [0.05, 0.1) is 0 Å². The van der Waals surface area contributed by atoms with Gasteiger partial charge in [-0.25, -0.2) is 4.39 Å². The summed E-state index contributed by atoms with van der Waals surface area (Å²) in [4.78, 5) is 2.55. The van der Waals surface area contributed by atoms with Gasteiger partial charge in [-0.3, -0.25) is 4.90 Å². The summed E-state index contributed by atoms with van der Waals surface area (Å²) in [6.07, 6.45) is 1.94. The number of hydrogen-bond acceptors (Lipinski definition) is 2. The maximum Gasteiger partial charge on any atom is 0.126 e. The Bertz CT molecular complexity index is 456. The van der Waals surface area contributed by atoms with Gasteiger partial charge in [-0.15, -0.1) is 0 Å². The highest BCUT2D eigenvalue weighted by Gasteiger charge is 2.38. The summed E-state index contributed by atoms with van der Waals surface area (Å²) in [6, 6.07) is 5.94. The first-order chi connectivity index (χ1) is 8.59. The molecule has 0 saturated carbocycles. The lowest BCUT2D eigenvalue weighted by molar-refractivity contribution is 0.0446. The largest absolute Gasteiger partial charge is 0.314 e. The molecule has 0 aromatic heterocycles. The number of benzene rings is 1. The molecule has 1 N–H and O–H groups in total. The van der Waals surface area contributed by atoms with Crippen molar-refractivity contribution in [2.75, 3.05) is 19.6 Å². The number of hydrogen-bond donors (Lipinski definition) is 1. The Balaban J connectivity index is 1.94. The number of fused-ring (bicyclic) bond motifs is 1. The second-order valence-corrected chi connectivity index (χ2v) is 6.04. The Labute approximate surface area is 108 Å². The third-order valence-corrected chi connectivity index (χ3v) is 4.42. The smallest absolute Gasteiger partial charge is 0.126 e. The Morgan fingerprint density at radius 2 is 2.22 bits per heavy atom. The van der Waals surface area contributed by atoms with Gasteiger partial charge < -0.3 is 5.32 Å². The molecule has 1 saturated heterocycles. The molecule has 0 amide bonds. The summed E-state index contributed by atoms with van der Waals surface area (Å²) in [5, 5.41) is 3.45. The van der Waals surface area contributed by atoms with Crippen molar-refractivity contribution in [2.45, 2.75) is 38.3 Å². The van der Waals surface area contributed by atoms with Crippen LogP contribution in [0.3, 0.4) is 0 Å². The summed E-state index contributed by atoms with van der Waals surface area (Å²) in [5.41, 5.74) is 2.30. The maximum atomic E-state index is 13.8. The first-order valence-electron chi connectivity index (χ1n) is 6.84. The zero-order valence-corrected chi connectivity index (χ0v) is 11.2. The number of halogens is 1. The van der Waals surface area contributed by atoms with Crippen LogP contribution in [0.2, 0.25) is 0 Å². The number of nitrogens with one attached hydrogen (secondary N) is 1. The van der Waals surface area contributed by atoms with Gasteiger partial charge in [0.15, 0.2) is 0 Å². The second kappa shape index (κ2) is 4.32. The van der Waals surface area contributed by atoms with Crippen molar-refractivity contribution in [3.8, 4) is 0 Å². The number of nitrogens with zero attached hydrogens (tertiary/aromatic N) is 1. The molecule has 18 heavy (non-hydrogen) atoms. The molecular weight excluding hydrogens is 227 g/mol. The lowest BCUT2D eigenvalue weighted by Crippen LogP contribution is -2.58. The molecule has 0 spiro atoms. The van der Waals surface area contributed by atoms with E-state index in [9.17, 15) is 4.39 Å². The molecule has 1 aliphatic carbocycles. The zero-order chi connectivity index (χ0) is 12.8. The first-order valence-corrected chi connectivity index (χ1v) is 6.84. The summed E-state index contributed by atoms with van der Waals surface area (Å²) >= 11 is 0. The fourth-order valence-corrected chi connectivity index (χ4v) is 3.49. The number of piperazine rings is 1. The van der Waals surface area contributed by atoms with Crippen molar-refractivity contribution in [3.63, 3.8) is 0 Å². The van der Waals surface area contributed by atoms with E-state index in [4.69, 9.17) is 0 Å². The molecule has 0 bridgehead atoms. The van der Waals surface area contributed by atoms with Gasteiger partial charge >= 0.3 is 0 Å². The predicted octanol–water partition coefficient (Wildman–Crippen LogP) is 2.50. The van der Waals surface area contributed by atoms with Crippen LogP contribution in [-0.2, 0) is 6.42 Å². The first kappa shape index (κ1) is 12.1. The fourth-order valence-electron chi connectivity index (χ4n) is 3.49. The molecule has 98 valence electrons. The zero-order valence-electron chi connectivity index (χ0n) is 11.2. The molecule has 3 heteroatoms. The quantitative estimate of drug-likeness (QED) is 0.821. The molecule has 1 atom stereocenters. The molecule has 2 aliphatic rings. The monoisotopic (exact) mass is 248 g/mol. The minimum absolute atomic E-state index is 0.0251. The van der Waals surface area contributed by atoms with Crippen molar-refractivity contribution in [1.29, 1.82) is 0 Å². The summed E-state index contributed by atoms with van der Waals surface area (Å²) in [5.74, 6) is -0.0251. The van der Waals surface area contributed by atoms with E-state index in [1.54, 1.807) is 6.07 Å². The highest BCUT2D eigenvalue weighted by atomic mass is 19.1. The molecule has 0 radical (unpaired) electrons. The van der Waals surface area contributed by atoms with Crippen LogP contribution in [0.5, 0.6) is 0 Å². The van der Waals surface area contributed by atoms with E-state index in [0.717, 1.165) is 38.0 Å². The highest BCUT2D eigenvalue weighted by Crippen LogP contribution is 2.40. The van der Waals surface area contributed by atoms with E-state index in [1.165, 1.54) is 5.56 Å². The van der Waals surface area contributed by atoms with E-state index >= 15 is 0 Å². The Morgan fingerprint density at radius 3 is 3.00 bits per heavy atom. The van der Waals surface area contributed by atoms with Gasteiger partial charge in [0.2, 0.25) is 0 Å². The topological polar surface area (TPSA) is 15.3 Å². The lowest BCUT2D eigenvalue weighted by atomic mass is 9.95. The number of rotatable bonds is 1. The maximum absolute atomic E-state index is 13.8. The fraction of sp³-hybridized carbons (Fsp3) is 0.600. The molecule has 1 heterocycles. The van der Waals surface area contributed by atoms with Gasteiger partial charge in [0.25, 0.3) is 0 Å². The van der Waals surface area contributed by atoms with E-state index in [0.29, 0.717) is 6.04 Å². The van der Waals surface area contributed by atoms with Crippen LogP contribution in [0.25, 0.3) is 0 Å². The molecule has 1 aromatic carbocycles. The molecule has 1 aromatic rings. The van der Waals surface area contributed by atoms with Crippen molar-refractivity contribution >= 4 is 0 Å². The van der Waals surface area contributed by atoms with E-state index in [2.05, 4.69) is 30.1 Å². The molecular formula is C15H21FN2. The van der Waals surface area contributed by atoms with Gasteiger partial charge in [0.1, 0.15) is 5.82 Å². The Kier molecular flexibility index (Phi) is 2.91. The third kappa shape index (κ3) is 1.86. The predicted molar refractivity (Wildman–Crippen MR) is 71.1 cm³/mol. The van der Waals surface area contributed by atoms with E-state index in [1.807, 2.05) is 6.07 Å². The van der Waals surface area contributed by atoms with Crippen LogP contribution in [0.15, 0.2) is 18.2 Å². The van der Waals surface area contributed by atoms with Crippen LogP contribution in [-0.4, -0.2) is 30.1 Å². The van der Waals surface area contributed by atoms with Gasteiger partial charge in [-0.2, -0.15) is 0 Å². The average molecular weight is 248 g/mol. The second-order valence-electron chi connectivity index (χ2n) is 6.04. The minimum atomic E-state index is -0.0251. The molecule has 1 aliphatic heterocycles. The van der Waals surface area contributed by atoms with Crippen molar-refractivity contribution < 1.29 is 4.39 Å². The van der Waals surface area contributed by atoms with Crippen LogP contribution < -0.4 is 5.32 Å². The third-order valence-electron chi connectivity index (χ3n) is 4.42. The van der Waals surface area contributed by atoms with Gasteiger partial charge in [-0.1, -0.05) is 12.1 Å². The van der Waals surface area contributed by atoms with Gasteiger partial charge in [0, 0.05) is 31.2 Å². The van der Waals surface area contributed by atoms with Crippen LogP contribution in [0.4, 0.5) is 4.39 Å². The average Bonchev–Trinajstić information content (AvgIpc) is 2.74. The van der Waals surface area contributed by atoms with Crippen LogP contribution >= 0.6 is 0 Å². The lowest BCUT2D eigenvalue weighted by Gasteiger charge is -2.46. The van der Waals surface area contributed by atoms with Crippen molar-refractivity contribution in [2.24, 2.45) is 0 Å². The van der Waals surface area contributed by atoms with E-state index in [-0.39, 0.29) is 11.4 Å². The minimum Gasteiger partial charge on any atom is -0.314 e. The molecule has 1 unspecified atom stereocenters. The van der Waals surface area contributed by atoms with Crippen LogP contribution in [0.1, 0.15) is 37.4 Å². The Hall–Kier alpha value is -0.930. The van der Waals surface area contributed by atoms with Crippen LogP contribution in [0, 0.1) is 5.82 Å². The summed E-state index contributed by atoms with van der Waals surface area (Å²) in [6.45, 7) is 7.64. The summed E-state index contributed by atoms with van der Waals surface area (Å²) in [7, 11) is 0. The molecule has 2 nitrogen and oxygen atoms in total. The van der Waals surface area contributed by atoms with Crippen molar-refractivity contribution in [3.05, 3.63) is 35.1 Å². The van der Waals surface area contributed by atoms with E-state index < -0.39 is 0 Å². The Morgan fingerprint density at radius 1 is 1.39 bits per heavy atom. The molecule has 1 fully saturated rings. The summed E-state index contributed by atoms with van der Waals surface area (Å²) < 4.78 is 13.8. The standard InChI is InChI=1S/C15H21FN2/c1-15(2)10-17-8-9-18(15)14-7-6-11-12(14)4-3-5-13(11)16/h3-5,14,17H,6-10H2,1-2H3. The SMILES string of the molecule is CC1(C)CNCCN1C1CCc2c(F)cccc21. The highest BCUT2D eigenvalue weighted by molar-refractivity contribution is 5.36.